The summed E-state index contributed by atoms with van der Waals surface area (Å²) in [4.78, 5) is 0. The quantitative estimate of drug-likeness (QED) is 0.219. The van der Waals surface area contributed by atoms with Gasteiger partial charge in [0.15, 0.2) is 0 Å². The summed E-state index contributed by atoms with van der Waals surface area (Å²) >= 11 is 11.5. The summed E-state index contributed by atoms with van der Waals surface area (Å²) in [6.45, 7) is 2.34. The second kappa shape index (κ2) is 14.1. The van der Waals surface area contributed by atoms with Gasteiger partial charge in [-0.3, -0.25) is 0 Å². The molecule has 0 N–H and O–H groups in total. The second-order valence-corrected chi connectivity index (χ2v) is 15.0. The largest absolute Gasteiger partial charge is 0.107 e. The molecular formula is C28H44Cl2Si. The third-order valence-corrected chi connectivity index (χ3v) is 12.0. The van der Waals surface area contributed by atoms with Gasteiger partial charge in [0.1, 0.15) is 4.49 Å². The van der Waals surface area contributed by atoms with Crippen molar-refractivity contribution in [1.29, 1.82) is 0 Å². The standard InChI is InChI=1S/C28H44Cl2Si/c1-2-3-6-19-31-20-17-27(18-21-31)26-15-13-24(14-16-26)8-5-4-7-23-9-11-25(12-10-23)22-28(29)30/h9-12,22,24,26-27,31H,2-8,13-21H2,1H3/t24-,26-,27?,31?. The van der Waals surface area contributed by atoms with Gasteiger partial charge in [-0.1, -0.05) is 130 Å². The summed E-state index contributed by atoms with van der Waals surface area (Å²) in [5.74, 6) is 3.19. The highest BCUT2D eigenvalue weighted by molar-refractivity contribution is 6.59. The van der Waals surface area contributed by atoms with Crippen LogP contribution in [0.5, 0.6) is 0 Å². The molecule has 1 aromatic carbocycles. The molecule has 0 bridgehead atoms. The molecule has 31 heavy (non-hydrogen) atoms. The zero-order valence-electron chi connectivity index (χ0n) is 19.8. The predicted octanol–water partition coefficient (Wildman–Crippen LogP) is 9.81. The van der Waals surface area contributed by atoms with Crippen molar-refractivity contribution in [2.24, 2.45) is 17.8 Å². The van der Waals surface area contributed by atoms with Gasteiger partial charge in [0.2, 0.25) is 0 Å². The second-order valence-electron chi connectivity index (χ2n) is 10.5. The summed E-state index contributed by atoms with van der Waals surface area (Å²) in [5.41, 5.74) is 2.51. The molecule has 1 aromatic rings. The van der Waals surface area contributed by atoms with Gasteiger partial charge in [0, 0.05) is 8.80 Å². The molecular weight excluding hydrogens is 435 g/mol. The van der Waals surface area contributed by atoms with Crippen LogP contribution in [0.4, 0.5) is 0 Å². The number of benzene rings is 1. The van der Waals surface area contributed by atoms with Gasteiger partial charge < -0.3 is 0 Å². The fourth-order valence-corrected chi connectivity index (χ4v) is 10.0. The number of hydrogen-bond acceptors (Lipinski definition) is 0. The van der Waals surface area contributed by atoms with Crippen LogP contribution in [0.2, 0.25) is 18.1 Å². The van der Waals surface area contributed by atoms with Crippen molar-refractivity contribution in [3.8, 4) is 0 Å². The summed E-state index contributed by atoms with van der Waals surface area (Å²) in [7, 11) is -0.332. The number of halogens is 2. The Bertz CT molecular complexity index is 633. The first kappa shape index (κ1) is 25.4. The van der Waals surface area contributed by atoms with Crippen molar-refractivity contribution in [2.45, 2.75) is 109 Å². The van der Waals surface area contributed by atoms with E-state index in [4.69, 9.17) is 23.2 Å². The summed E-state index contributed by atoms with van der Waals surface area (Å²) in [5, 5.41) is 0. The smallest absolute Gasteiger partial charge is 0.0709 e. The van der Waals surface area contributed by atoms with Crippen LogP contribution in [0.3, 0.4) is 0 Å². The van der Waals surface area contributed by atoms with E-state index in [2.05, 4.69) is 31.2 Å². The highest BCUT2D eigenvalue weighted by atomic mass is 35.5. The van der Waals surface area contributed by atoms with Crippen molar-refractivity contribution in [1.82, 2.24) is 0 Å². The Morgan fingerprint density at radius 1 is 0.871 bits per heavy atom. The number of aryl methyl sites for hydroxylation is 1. The van der Waals surface area contributed by atoms with Crippen LogP contribution in [0.15, 0.2) is 28.8 Å². The zero-order chi connectivity index (χ0) is 21.9. The summed E-state index contributed by atoms with van der Waals surface area (Å²) < 4.78 is 0.319. The molecule has 0 atom stereocenters. The van der Waals surface area contributed by atoms with Crippen LogP contribution in [0.1, 0.15) is 95.1 Å². The van der Waals surface area contributed by atoms with E-state index < -0.39 is 0 Å². The molecule has 3 rings (SSSR count). The van der Waals surface area contributed by atoms with Crippen LogP contribution in [0.25, 0.3) is 6.08 Å². The fourth-order valence-electron chi connectivity index (χ4n) is 6.25. The number of hydrogen-bond donors (Lipinski definition) is 0. The minimum atomic E-state index is -0.332. The maximum atomic E-state index is 5.74. The van der Waals surface area contributed by atoms with E-state index in [0.29, 0.717) is 4.49 Å². The van der Waals surface area contributed by atoms with Crippen molar-refractivity contribution in [2.75, 3.05) is 0 Å². The van der Waals surface area contributed by atoms with Gasteiger partial charge in [-0.15, -0.1) is 0 Å². The maximum absolute atomic E-state index is 5.74. The SMILES string of the molecule is CCCCC[SiH]1CCC([C@H]2CC[C@H](CCCCc3ccc(C=C(Cl)Cl)cc3)CC2)CC1. The minimum absolute atomic E-state index is 0.319. The Labute approximate surface area is 203 Å². The van der Waals surface area contributed by atoms with Crippen LogP contribution < -0.4 is 0 Å². The first-order chi connectivity index (χ1) is 15.1. The molecule has 1 saturated heterocycles. The van der Waals surface area contributed by atoms with Gasteiger partial charge in [0.05, 0.1) is 0 Å². The highest BCUT2D eigenvalue weighted by Crippen LogP contribution is 2.42. The van der Waals surface area contributed by atoms with E-state index in [0.717, 1.165) is 23.3 Å². The van der Waals surface area contributed by atoms with Gasteiger partial charge in [-0.05, 0) is 60.6 Å². The molecule has 0 nitrogen and oxygen atoms in total. The molecule has 3 heteroatoms. The van der Waals surface area contributed by atoms with E-state index in [1.165, 1.54) is 76.2 Å². The first-order valence-corrected chi connectivity index (χ1v) is 16.5. The van der Waals surface area contributed by atoms with Gasteiger partial charge >= 0.3 is 0 Å². The molecule has 1 aliphatic carbocycles. The molecule has 0 amide bonds. The zero-order valence-corrected chi connectivity index (χ0v) is 22.4. The fraction of sp³-hybridized carbons (Fsp3) is 0.714. The topological polar surface area (TPSA) is 0 Å². The van der Waals surface area contributed by atoms with Crippen molar-refractivity contribution < 1.29 is 0 Å². The Balaban J connectivity index is 1.26. The molecule has 1 heterocycles. The lowest BCUT2D eigenvalue weighted by Crippen LogP contribution is -2.28. The van der Waals surface area contributed by atoms with Crippen LogP contribution in [-0.2, 0) is 6.42 Å². The third-order valence-electron chi connectivity index (χ3n) is 8.25. The highest BCUT2D eigenvalue weighted by Gasteiger charge is 2.30. The molecule has 2 fully saturated rings. The minimum Gasteiger partial charge on any atom is -0.0709 e. The molecule has 1 saturated carbocycles. The Kier molecular flexibility index (Phi) is 11.6. The van der Waals surface area contributed by atoms with Gasteiger partial charge in [-0.25, -0.2) is 0 Å². The first-order valence-electron chi connectivity index (χ1n) is 13.3. The van der Waals surface area contributed by atoms with Crippen LogP contribution >= 0.6 is 23.2 Å². The predicted molar refractivity (Wildman–Crippen MR) is 143 cm³/mol. The van der Waals surface area contributed by atoms with Crippen molar-refractivity contribution in [3.05, 3.63) is 39.9 Å². The molecule has 174 valence electrons. The van der Waals surface area contributed by atoms with Crippen molar-refractivity contribution >= 4 is 38.1 Å². The lowest BCUT2D eigenvalue weighted by Gasteiger charge is -2.37. The maximum Gasteiger partial charge on any atom is 0.107 e. The number of unbranched alkanes of at least 4 members (excludes halogenated alkanes) is 3. The van der Waals surface area contributed by atoms with E-state index in [1.807, 2.05) is 0 Å². The van der Waals surface area contributed by atoms with E-state index >= 15 is 0 Å². The lowest BCUT2D eigenvalue weighted by molar-refractivity contribution is 0.184. The molecule has 0 radical (unpaired) electrons. The Hall–Kier alpha value is -0.243. The third kappa shape index (κ3) is 9.26. The lowest BCUT2D eigenvalue weighted by atomic mass is 9.73. The Morgan fingerprint density at radius 2 is 1.55 bits per heavy atom. The Morgan fingerprint density at radius 3 is 2.19 bits per heavy atom. The summed E-state index contributed by atoms with van der Waals surface area (Å²) in [6, 6.07) is 13.7. The van der Waals surface area contributed by atoms with E-state index in [9.17, 15) is 0 Å². The normalized spacial score (nSPS) is 26.5. The average molecular weight is 480 g/mol. The summed E-state index contributed by atoms with van der Waals surface area (Å²) in [6.07, 6.45) is 20.9. The molecule has 1 aliphatic heterocycles. The monoisotopic (exact) mass is 478 g/mol. The molecule has 0 aromatic heterocycles. The number of rotatable bonds is 11. The van der Waals surface area contributed by atoms with Crippen LogP contribution in [-0.4, -0.2) is 8.80 Å². The molecule has 0 unspecified atom stereocenters. The molecule has 2 aliphatic rings. The van der Waals surface area contributed by atoms with Crippen LogP contribution in [0, 0.1) is 17.8 Å². The van der Waals surface area contributed by atoms with E-state index in [-0.39, 0.29) is 8.80 Å². The van der Waals surface area contributed by atoms with Crippen molar-refractivity contribution in [3.63, 3.8) is 0 Å². The van der Waals surface area contributed by atoms with Gasteiger partial charge in [-0.2, -0.15) is 0 Å². The van der Waals surface area contributed by atoms with Gasteiger partial charge in [0.25, 0.3) is 0 Å². The molecule has 0 spiro atoms. The average Bonchev–Trinajstić information content (AvgIpc) is 2.79. The van der Waals surface area contributed by atoms with E-state index in [1.54, 1.807) is 37.0 Å².